The number of piperidine rings is 1. The monoisotopic (exact) mass is 368 g/mol. The topological polar surface area (TPSA) is 68.2 Å². The lowest BCUT2D eigenvalue weighted by Crippen LogP contribution is -2.41. The highest BCUT2D eigenvalue weighted by atomic mass is 16.5. The van der Waals surface area contributed by atoms with Crippen LogP contribution in [-0.4, -0.2) is 40.8 Å². The number of aromatic nitrogens is 2. The Labute approximate surface area is 160 Å². The average molecular weight is 368 g/mol. The number of anilines is 1. The van der Waals surface area contributed by atoms with E-state index < -0.39 is 0 Å². The van der Waals surface area contributed by atoms with Crippen LogP contribution in [0, 0.1) is 19.8 Å². The normalized spacial score (nSPS) is 21.5. The van der Waals surface area contributed by atoms with Crippen molar-refractivity contribution in [2.75, 3.05) is 25.0 Å². The van der Waals surface area contributed by atoms with Gasteiger partial charge in [-0.05, 0) is 76.4 Å². The number of hydrogen-bond donors (Lipinski definition) is 2. The van der Waals surface area contributed by atoms with Crippen molar-refractivity contribution in [3.05, 3.63) is 42.0 Å². The number of carbonyl (C=O) groups is 1. The minimum absolute atomic E-state index is 0.0125. The molecule has 2 fully saturated rings. The molecule has 0 radical (unpaired) electrons. The third-order valence-corrected chi connectivity index (χ3v) is 5.96. The molecular formula is C21H28N4O2. The van der Waals surface area contributed by atoms with Crippen LogP contribution in [0.25, 0.3) is 5.69 Å². The second-order valence-corrected chi connectivity index (χ2v) is 7.90. The summed E-state index contributed by atoms with van der Waals surface area (Å²) in [6.45, 7) is 6.78. The predicted molar refractivity (Wildman–Crippen MR) is 105 cm³/mol. The molecule has 3 heterocycles. The van der Waals surface area contributed by atoms with Gasteiger partial charge in [0, 0.05) is 23.5 Å². The first-order chi connectivity index (χ1) is 13.0. The standard InChI is InChI=1S/C21H28N4O2/c1-15-16(2)25(14-23-15)19-5-3-18(4-6-19)24-20(26)11-17-12-21(27-13-17)7-9-22-10-8-21/h3-6,14,17,22H,7-13H2,1-2H3,(H,24,26). The van der Waals surface area contributed by atoms with Gasteiger partial charge in [0.2, 0.25) is 5.91 Å². The van der Waals surface area contributed by atoms with Gasteiger partial charge in [0.15, 0.2) is 0 Å². The number of nitrogens with zero attached hydrogens (tertiary/aromatic N) is 2. The number of benzene rings is 1. The number of rotatable bonds is 4. The van der Waals surface area contributed by atoms with Crippen molar-refractivity contribution in [3.8, 4) is 5.69 Å². The number of ether oxygens (including phenoxy) is 1. The van der Waals surface area contributed by atoms with Crippen molar-refractivity contribution in [1.29, 1.82) is 0 Å². The highest BCUT2D eigenvalue weighted by Gasteiger charge is 2.41. The van der Waals surface area contributed by atoms with Gasteiger partial charge in [-0.3, -0.25) is 4.79 Å². The highest BCUT2D eigenvalue weighted by Crippen LogP contribution is 2.38. The molecule has 1 spiro atoms. The number of amides is 1. The van der Waals surface area contributed by atoms with Gasteiger partial charge in [-0.25, -0.2) is 4.98 Å². The fourth-order valence-electron chi connectivity index (χ4n) is 4.24. The molecule has 6 heteroatoms. The van der Waals surface area contributed by atoms with E-state index in [9.17, 15) is 4.79 Å². The fourth-order valence-corrected chi connectivity index (χ4v) is 4.24. The molecule has 0 aliphatic carbocycles. The molecule has 2 saturated heterocycles. The zero-order valence-electron chi connectivity index (χ0n) is 16.1. The van der Waals surface area contributed by atoms with Gasteiger partial charge in [-0.15, -0.1) is 0 Å². The molecule has 144 valence electrons. The molecule has 1 amide bonds. The second-order valence-electron chi connectivity index (χ2n) is 7.90. The molecule has 2 aliphatic heterocycles. The van der Waals surface area contributed by atoms with E-state index in [4.69, 9.17) is 4.74 Å². The Morgan fingerprint density at radius 1 is 1.30 bits per heavy atom. The molecule has 0 bridgehead atoms. The third-order valence-electron chi connectivity index (χ3n) is 5.96. The van der Waals surface area contributed by atoms with E-state index in [-0.39, 0.29) is 11.5 Å². The smallest absolute Gasteiger partial charge is 0.224 e. The van der Waals surface area contributed by atoms with Gasteiger partial charge in [-0.2, -0.15) is 0 Å². The summed E-state index contributed by atoms with van der Waals surface area (Å²) in [4.78, 5) is 16.8. The first-order valence-corrected chi connectivity index (χ1v) is 9.80. The molecule has 1 aromatic heterocycles. The number of imidazole rings is 1. The van der Waals surface area contributed by atoms with Crippen molar-refractivity contribution in [2.24, 2.45) is 5.92 Å². The fraction of sp³-hybridized carbons (Fsp3) is 0.524. The van der Waals surface area contributed by atoms with Crippen LogP contribution in [0.4, 0.5) is 5.69 Å². The van der Waals surface area contributed by atoms with Gasteiger partial charge < -0.3 is 19.9 Å². The van der Waals surface area contributed by atoms with Crippen molar-refractivity contribution in [1.82, 2.24) is 14.9 Å². The molecule has 0 saturated carbocycles. The maximum atomic E-state index is 12.5. The largest absolute Gasteiger partial charge is 0.375 e. The van der Waals surface area contributed by atoms with Gasteiger partial charge in [-0.1, -0.05) is 0 Å². The Bertz CT molecular complexity index is 806. The van der Waals surface area contributed by atoms with Crippen molar-refractivity contribution >= 4 is 11.6 Å². The molecule has 4 rings (SSSR count). The molecule has 27 heavy (non-hydrogen) atoms. The third kappa shape index (κ3) is 3.92. The molecule has 2 aliphatic rings. The maximum Gasteiger partial charge on any atom is 0.224 e. The molecule has 2 N–H and O–H groups in total. The average Bonchev–Trinajstić information content (AvgIpc) is 3.20. The molecular weight excluding hydrogens is 340 g/mol. The molecule has 6 nitrogen and oxygen atoms in total. The number of carbonyl (C=O) groups excluding carboxylic acids is 1. The summed E-state index contributed by atoms with van der Waals surface area (Å²) in [6.07, 6.45) is 5.46. The zero-order valence-corrected chi connectivity index (χ0v) is 16.1. The Morgan fingerprint density at radius 2 is 2.04 bits per heavy atom. The van der Waals surface area contributed by atoms with Crippen molar-refractivity contribution in [3.63, 3.8) is 0 Å². The van der Waals surface area contributed by atoms with Gasteiger partial charge in [0.25, 0.3) is 0 Å². The van der Waals surface area contributed by atoms with E-state index in [1.807, 2.05) is 37.5 Å². The van der Waals surface area contributed by atoms with Crippen LogP contribution < -0.4 is 10.6 Å². The summed E-state index contributed by atoms with van der Waals surface area (Å²) < 4.78 is 8.15. The van der Waals surface area contributed by atoms with Crippen molar-refractivity contribution < 1.29 is 9.53 Å². The van der Waals surface area contributed by atoms with Crippen LogP contribution in [-0.2, 0) is 9.53 Å². The van der Waals surface area contributed by atoms with E-state index in [0.717, 1.165) is 55.1 Å². The summed E-state index contributed by atoms with van der Waals surface area (Å²) in [5.74, 6) is 0.385. The predicted octanol–water partition coefficient (Wildman–Crippen LogP) is 2.98. The minimum atomic E-state index is 0.0125. The van der Waals surface area contributed by atoms with Crippen LogP contribution in [0.3, 0.4) is 0 Å². The maximum absolute atomic E-state index is 12.5. The van der Waals surface area contributed by atoms with E-state index in [2.05, 4.69) is 27.1 Å². The number of aryl methyl sites for hydroxylation is 1. The molecule has 1 atom stereocenters. The van der Waals surface area contributed by atoms with Gasteiger partial charge >= 0.3 is 0 Å². The molecule has 1 aromatic carbocycles. The Balaban J connectivity index is 1.33. The highest BCUT2D eigenvalue weighted by molar-refractivity contribution is 5.91. The molecule has 1 unspecified atom stereocenters. The first kappa shape index (κ1) is 18.2. The van der Waals surface area contributed by atoms with E-state index in [1.54, 1.807) is 0 Å². The van der Waals surface area contributed by atoms with Gasteiger partial charge in [0.05, 0.1) is 24.2 Å². The van der Waals surface area contributed by atoms with Crippen molar-refractivity contribution in [2.45, 2.75) is 45.1 Å². The Kier molecular flexibility index (Phi) is 5.02. The number of nitrogens with one attached hydrogen (secondary N) is 2. The van der Waals surface area contributed by atoms with Crippen LogP contribution >= 0.6 is 0 Å². The quantitative estimate of drug-likeness (QED) is 0.871. The van der Waals surface area contributed by atoms with Crippen LogP contribution in [0.15, 0.2) is 30.6 Å². The second kappa shape index (κ2) is 7.44. The van der Waals surface area contributed by atoms with E-state index in [0.29, 0.717) is 18.9 Å². The summed E-state index contributed by atoms with van der Waals surface area (Å²) >= 11 is 0. The van der Waals surface area contributed by atoms with Crippen LogP contribution in [0.5, 0.6) is 0 Å². The first-order valence-electron chi connectivity index (χ1n) is 9.80. The summed E-state index contributed by atoms with van der Waals surface area (Å²) in [6, 6.07) is 7.90. The zero-order chi connectivity index (χ0) is 18.9. The lowest BCUT2D eigenvalue weighted by atomic mass is 9.85. The minimum Gasteiger partial charge on any atom is -0.375 e. The van der Waals surface area contributed by atoms with E-state index >= 15 is 0 Å². The Hall–Kier alpha value is -2.18. The summed E-state index contributed by atoms with van der Waals surface area (Å²) in [5.41, 5.74) is 4.04. The lowest BCUT2D eigenvalue weighted by molar-refractivity contribution is -0.117. The lowest BCUT2D eigenvalue weighted by Gasteiger charge is -2.33. The summed E-state index contributed by atoms with van der Waals surface area (Å²) in [5, 5.41) is 6.41. The van der Waals surface area contributed by atoms with E-state index in [1.165, 1.54) is 0 Å². The van der Waals surface area contributed by atoms with Gasteiger partial charge in [0.1, 0.15) is 0 Å². The van der Waals surface area contributed by atoms with Crippen LogP contribution in [0.2, 0.25) is 0 Å². The number of hydrogen-bond acceptors (Lipinski definition) is 4. The molecule has 2 aromatic rings. The summed E-state index contributed by atoms with van der Waals surface area (Å²) in [7, 11) is 0. The SMILES string of the molecule is Cc1ncn(-c2ccc(NC(=O)CC3COC4(CCNCC4)C3)cc2)c1C. The van der Waals surface area contributed by atoms with Crippen LogP contribution in [0.1, 0.15) is 37.1 Å². The Morgan fingerprint density at radius 3 is 2.70 bits per heavy atom.